The molecule has 3 rings (SSSR count). The molecule has 0 aliphatic heterocycles. The van der Waals surface area contributed by atoms with E-state index in [0.717, 1.165) is 36.8 Å². The number of carbonyl (C=O) groups is 2. The van der Waals surface area contributed by atoms with Crippen molar-refractivity contribution in [1.82, 2.24) is 10.2 Å². The fourth-order valence-corrected chi connectivity index (χ4v) is 4.17. The average molecular weight is 447 g/mol. The molecule has 1 saturated carbocycles. The first-order valence-electron chi connectivity index (χ1n) is 10.5. The highest BCUT2D eigenvalue weighted by atomic mass is 35.5. The van der Waals surface area contributed by atoms with Crippen LogP contribution in [0.4, 0.5) is 0 Å². The van der Waals surface area contributed by atoms with Crippen molar-refractivity contribution in [2.24, 2.45) is 0 Å². The second kappa shape index (κ2) is 10.8. The molecule has 6 heteroatoms. The van der Waals surface area contributed by atoms with E-state index >= 15 is 0 Å². The average Bonchev–Trinajstić information content (AvgIpc) is 2.75. The van der Waals surface area contributed by atoms with E-state index in [1.54, 1.807) is 30.0 Å². The van der Waals surface area contributed by atoms with Gasteiger partial charge in [-0.2, -0.15) is 0 Å². The van der Waals surface area contributed by atoms with Crippen LogP contribution in [0.15, 0.2) is 48.5 Å². The zero-order valence-corrected chi connectivity index (χ0v) is 18.8. The minimum Gasteiger partial charge on any atom is -0.352 e. The van der Waals surface area contributed by atoms with E-state index in [-0.39, 0.29) is 24.3 Å². The lowest BCUT2D eigenvalue weighted by Crippen LogP contribution is -2.50. The number of carbonyl (C=O) groups excluding carboxylic acids is 2. The first-order chi connectivity index (χ1) is 14.4. The van der Waals surface area contributed by atoms with E-state index in [9.17, 15) is 9.59 Å². The summed E-state index contributed by atoms with van der Waals surface area (Å²) in [5.41, 5.74) is 1.68. The van der Waals surface area contributed by atoms with Crippen molar-refractivity contribution in [2.75, 3.05) is 0 Å². The molecule has 0 spiro atoms. The van der Waals surface area contributed by atoms with Crippen LogP contribution in [-0.2, 0) is 22.6 Å². The number of hydrogen-bond acceptors (Lipinski definition) is 2. The molecule has 2 aromatic rings. The molecule has 0 radical (unpaired) electrons. The maximum atomic E-state index is 13.2. The molecular formula is C24H28Cl2N2O2. The molecule has 0 unspecified atom stereocenters. The van der Waals surface area contributed by atoms with Gasteiger partial charge in [0, 0.05) is 22.6 Å². The van der Waals surface area contributed by atoms with E-state index < -0.39 is 6.04 Å². The van der Waals surface area contributed by atoms with Gasteiger partial charge in [0.2, 0.25) is 11.8 Å². The van der Waals surface area contributed by atoms with E-state index in [0.29, 0.717) is 16.6 Å². The lowest BCUT2D eigenvalue weighted by Gasteiger charge is -2.31. The summed E-state index contributed by atoms with van der Waals surface area (Å²) < 4.78 is 0. The number of hydrogen-bond donors (Lipinski definition) is 1. The Morgan fingerprint density at radius 1 is 1.03 bits per heavy atom. The summed E-state index contributed by atoms with van der Waals surface area (Å²) in [5.74, 6) is -0.243. The maximum absolute atomic E-state index is 13.2. The van der Waals surface area contributed by atoms with Crippen LogP contribution in [0.25, 0.3) is 0 Å². The zero-order chi connectivity index (χ0) is 21.5. The van der Waals surface area contributed by atoms with Crippen LogP contribution in [-0.4, -0.2) is 28.8 Å². The Labute approximate surface area is 188 Å². The first kappa shape index (κ1) is 22.6. The molecular weight excluding hydrogens is 419 g/mol. The zero-order valence-electron chi connectivity index (χ0n) is 17.2. The third-order valence-electron chi connectivity index (χ3n) is 5.68. The summed E-state index contributed by atoms with van der Waals surface area (Å²) in [5, 5.41) is 4.33. The molecule has 1 aliphatic rings. The predicted molar refractivity (Wildman–Crippen MR) is 122 cm³/mol. The number of halogens is 2. The molecule has 2 aromatic carbocycles. The van der Waals surface area contributed by atoms with Crippen molar-refractivity contribution in [3.05, 3.63) is 69.7 Å². The van der Waals surface area contributed by atoms with Gasteiger partial charge in [0.15, 0.2) is 0 Å². The lowest BCUT2D eigenvalue weighted by molar-refractivity contribution is -0.140. The Balaban J connectivity index is 1.76. The van der Waals surface area contributed by atoms with Crippen LogP contribution in [0.2, 0.25) is 10.0 Å². The normalized spacial score (nSPS) is 15.4. The lowest BCUT2D eigenvalue weighted by atomic mass is 9.95. The summed E-state index contributed by atoms with van der Waals surface area (Å²) in [6.07, 6.45) is 5.65. The van der Waals surface area contributed by atoms with Crippen LogP contribution < -0.4 is 5.32 Å². The highest BCUT2D eigenvalue weighted by Crippen LogP contribution is 2.21. The second-order valence-electron chi connectivity index (χ2n) is 7.94. The van der Waals surface area contributed by atoms with Gasteiger partial charge in [0.05, 0.1) is 6.42 Å². The quantitative estimate of drug-likeness (QED) is 0.618. The molecule has 1 aliphatic carbocycles. The van der Waals surface area contributed by atoms with E-state index in [2.05, 4.69) is 5.32 Å². The summed E-state index contributed by atoms with van der Waals surface area (Å²) >= 11 is 12.3. The largest absolute Gasteiger partial charge is 0.352 e. The Bertz CT molecular complexity index is 864. The molecule has 0 bridgehead atoms. The number of nitrogens with one attached hydrogen (secondary N) is 1. The van der Waals surface area contributed by atoms with Crippen molar-refractivity contribution in [1.29, 1.82) is 0 Å². The number of nitrogens with zero attached hydrogens (tertiary/aromatic N) is 1. The Kier molecular flexibility index (Phi) is 8.17. The second-order valence-corrected chi connectivity index (χ2v) is 8.78. The monoisotopic (exact) mass is 446 g/mol. The van der Waals surface area contributed by atoms with Gasteiger partial charge < -0.3 is 10.2 Å². The number of rotatable bonds is 7. The van der Waals surface area contributed by atoms with Crippen LogP contribution in [0.3, 0.4) is 0 Å². The molecule has 0 saturated heterocycles. The van der Waals surface area contributed by atoms with Crippen LogP contribution in [0.5, 0.6) is 0 Å². The van der Waals surface area contributed by atoms with Gasteiger partial charge in [-0.3, -0.25) is 9.59 Å². The highest BCUT2D eigenvalue weighted by molar-refractivity contribution is 6.31. The summed E-state index contributed by atoms with van der Waals surface area (Å²) in [4.78, 5) is 27.8. The van der Waals surface area contributed by atoms with Crippen molar-refractivity contribution >= 4 is 35.0 Å². The van der Waals surface area contributed by atoms with Gasteiger partial charge in [-0.15, -0.1) is 0 Å². The third kappa shape index (κ3) is 6.23. The van der Waals surface area contributed by atoms with E-state index in [1.807, 2.05) is 30.3 Å². The topological polar surface area (TPSA) is 49.4 Å². The SMILES string of the molecule is C[C@@H](C(=O)NC1CCCCC1)N(Cc1ccc(Cl)cc1)C(=O)Cc1ccccc1Cl. The number of benzene rings is 2. The maximum Gasteiger partial charge on any atom is 0.242 e. The van der Waals surface area contributed by atoms with E-state index in [1.165, 1.54) is 6.42 Å². The summed E-state index contributed by atoms with van der Waals surface area (Å²) in [6, 6.07) is 14.3. The molecule has 0 aromatic heterocycles. The predicted octanol–water partition coefficient (Wildman–Crippen LogP) is 5.40. The van der Waals surface area contributed by atoms with Gasteiger partial charge in [0.25, 0.3) is 0 Å². The van der Waals surface area contributed by atoms with Gasteiger partial charge in [-0.05, 0) is 49.1 Å². The van der Waals surface area contributed by atoms with Crippen molar-refractivity contribution in [3.63, 3.8) is 0 Å². The highest BCUT2D eigenvalue weighted by Gasteiger charge is 2.28. The fourth-order valence-electron chi connectivity index (χ4n) is 3.84. The molecule has 160 valence electrons. The Morgan fingerprint density at radius 3 is 2.37 bits per heavy atom. The molecule has 0 heterocycles. The summed E-state index contributed by atoms with van der Waals surface area (Å²) in [7, 11) is 0. The molecule has 2 amide bonds. The van der Waals surface area contributed by atoms with Gasteiger partial charge in [-0.1, -0.05) is 72.8 Å². The molecule has 4 nitrogen and oxygen atoms in total. The fraction of sp³-hybridized carbons (Fsp3) is 0.417. The number of amides is 2. The van der Waals surface area contributed by atoms with Crippen molar-refractivity contribution < 1.29 is 9.59 Å². The van der Waals surface area contributed by atoms with Crippen molar-refractivity contribution in [3.8, 4) is 0 Å². The van der Waals surface area contributed by atoms with Gasteiger partial charge >= 0.3 is 0 Å². The van der Waals surface area contributed by atoms with E-state index in [4.69, 9.17) is 23.2 Å². The minimum atomic E-state index is -0.586. The smallest absolute Gasteiger partial charge is 0.242 e. The minimum absolute atomic E-state index is 0.108. The molecule has 1 N–H and O–H groups in total. The van der Waals surface area contributed by atoms with Crippen LogP contribution in [0, 0.1) is 0 Å². The van der Waals surface area contributed by atoms with Crippen LogP contribution in [0.1, 0.15) is 50.2 Å². The van der Waals surface area contributed by atoms with Crippen molar-refractivity contribution in [2.45, 2.75) is 64.1 Å². The molecule has 30 heavy (non-hydrogen) atoms. The third-order valence-corrected chi connectivity index (χ3v) is 6.31. The molecule has 1 atom stereocenters. The van der Waals surface area contributed by atoms with Gasteiger partial charge in [-0.25, -0.2) is 0 Å². The summed E-state index contributed by atoms with van der Waals surface area (Å²) in [6.45, 7) is 2.12. The molecule has 1 fully saturated rings. The Hall–Kier alpha value is -2.04. The van der Waals surface area contributed by atoms with Gasteiger partial charge in [0.1, 0.15) is 6.04 Å². The Morgan fingerprint density at radius 2 is 1.70 bits per heavy atom. The first-order valence-corrected chi connectivity index (χ1v) is 11.3. The standard InChI is InChI=1S/C24H28Cl2N2O2/c1-17(24(30)27-21-8-3-2-4-9-21)28(16-18-11-13-20(25)14-12-18)23(29)15-19-7-5-6-10-22(19)26/h5-7,10-14,17,21H,2-4,8-9,15-16H2,1H3,(H,27,30)/t17-/m0/s1. The van der Waals surface area contributed by atoms with Crippen LogP contribution >= 0.6 is 23.2 Å².